The smallest absolute Gasteiger partial charge is 0.326 e. The predicted molar refractivity (Wildman–Crippen MR) is 113 cm³/mol. The first-order valence-corrected chi connectivity index (χ1v) is 9.96. The van der Waals surface area contributed by atoms with Crippen LogP contribution in [0.3, 0.4) is 0 Å². The number of carbonyl (C=O) groups is 5. The average Bonchev–Trinajstić information content (AvgIpc) is 2.78. The highest BCUT2D eigenvalue weighted by Crippen LogP contribution is 2.06. The van der Waals surface area contributed by atoms with E-state index in [0.29, 0.717) is 5.56 Å². The van der Waals surface area contributed by atoms with Crippen molar-refractivity contribution in [1.29, 1.82) is 0 Å². The second-order valence-electron chi connectivity index (χ2n) is 7.12. The van der Waals surface area contributed by atoms with Crippen LogP contribution in [0.1, 0.15) is 18.4 Å². The number of hydrogen-bond donors (Lipinski definition) is 8. The number of aliphatic carboxylic acids is 2. The van der Waals surface area contributed by atoms with Crippen molar-refractivity contribution in [2.45, 2.75) is 43.4 Å². The minimum atomic E-state index is -1.51. The lowest BCUT2D eigenvalue weighted by Crippen LogP contribution is -2.58. The maximum absolute atomic E-state index is 12.8. The van der Waals surface area contributed by atoms with Gasteiger partial charge in [0.2, 0.25) is 17.7 Å². The van der Waals surface area contributed by atoms with Gasteiger partial charge in [-0.15, -0.1) is 0 Å². The van der Waals surface area contributed by atoms with Crippen molar-refractivity contribution in [2.24, 2.45) is 5.73 Å². The molecular formula is C20H28N4O9. The standard InChI is InChI=1S/C20H28N4O9/c21-12(9-25)17(29)24-15(10-26)19(31)23-14(8-11-4-2-1-3-5-11)18(30)22-13(20(32)33)6-7-16(27)28/h1-5,12-15,25-26H,6-10,21H2,(H,22,30)(H,23,31)(H,24,29)(H,27,28)(H,32,33). The summed E-state index contributed by atoms with van der Waals surface area (Å²) in [5.74, 6) is -5.46. The highest BCUT2D eigenvalue weighted by atomic mass is 16.4. The lowest BCUT2D eigenvalue weighted by atomic mass is 10.0. The van der Waals surface area contributed by atoms with E-state index in [1.54, 1.807) is 30.3 Å². The highest BCUT2D eigenvalue weighted by molar-refractivity contribution is 5.94. The normalized spacial score (nSPS) is 14.3. The Morgan fingerprint density at radius 2 is 1.33 bits per heavy atom. The van der Waals surface area contributed by atoms with Crippen molar-refractivity contribution in [3.63, 3.8) is 0 Å². The summed E-state index contributed by atoms with van der Waals surface area (Å²) in [5.41, 5.74) is 5.98. The summed E-state index contributed by atoms with van der Waals surface area (Å²) in [4.78, 5) is 59.4. The van der Waals surface area contributed by atoms with E-state index in [1.165, 1.54) is 0 Å². The second kappa shape index (κ2) is 13.8. The van der Waals surface area contributed by atoms with Crippen LogP contribution in [0.25, 0.3) is 0 Å². The van der Waals surface area contributed by atoms with Crippen molar-refractivity contribution >= 4 is 29.7 Å². The molecule has 0 saturated carbocycles. The molecule has 1 aromatic rings. The highest BCUT2D eigenvalue weighted by Gasteiger charge is 2.30. The first-order valence-electron chi connectivity index (χ1n) is 9.96. The molecule has 0 fully saturated rings. The second-order valence-corrected chi connectivity index (χ2v) is 7.12. The molecule has 33 heavy (non-hydrogen) atoms. The summed E-state index contributed by atoms with van der Waals surface area (Å²) in [6.07, 6.45) is -0.945. The van der Waals surface area contributed by atoms with E-state index in [-0.39, 0.29) is 12.8 Å². The molecule has 3 amide bonds. The van der Waals surface area contributed by atoms with Crippen molar-refractivity contribution in [3.05, 3.63) is 35.9 Å². The minimum Gasteiger partial charge on any atom is -0.481 e. The Morgan fingerprint density at radius 1 is 0.788 bits per heavy atom. The van der Waals surface area contributed by atoms with Gasteiger partial charge >= 0.3 is 11.9 Å². The van der Waals surface area contributed by atoms with Crippen molar-refractivity contribution in [3.8, 4) is 0 Å². The SMILES string of the molecule is NC(CO)C(=O)NC(CO)C(=O)NC(Cc1ccccc1)C(=O)NC(CCC(=O)O)C(=O)O. The molecule has 0 bridgehead atoms. The van der Waals surface area contributed by atoms with Gasteiger partial charge in [-0.1, -0.05) is 30.3 Å². The molecule has 0 aromatic heterocycles. The number of nitrogens with two attached hydrogens (primary N) is 1. The van der Waals surface area contributed by atoms with Gasteiger partial charge in [-0.3, -0.25) is 19.2 Å². The van der Waals surface area contributed by atoms with Gasteiger partial charge in [0, 0.05) is 12.8 Å². The number of hydrogen-bond acceptors (Lipinski definition) is 8. The van der Waals surface area contributed by atoms with E-state index in [4.69, 9.17) is 15.9 Å². The van der Waals surface area contributed by atoms with Gasteiger partial charge in [-0.25, -0.2) is 4.79 Å². The van der Waals surface area contributed by atoms with E-state index in [1.807, 2.05) is 0 Å². The van der Waals surface area contributed by atoms with Crippen molar-refractivity contribution in [2.75, 3.05) is 13.2 Å². The number of benzene rings is 1. The van der Waals surface area contributed by atoms with Crippen LogP contribution in [-0.4, -0.2) is 87.5 Å². The first-order chi connectivity index (χ1) is 15.6. The molecule has 182 valence electrons. The Bertz CT molecular complexity index is 834. The molecule has 0 aliphatic carbocycles. The summed E-state index contributed by atoms with van der Waals surface area (Å²) in [6.45, 7) is -1.54. The summed E-state index contributed by atoms with van der Waals surface area (Å²) in [6, 6.07) is 2.77. The maximum atomic E-state index is 12.8. The van der Waals surface area contributed by atoms with E-state index in [0.717, 1.165) is 0 Å². The summed E-state index contributed by atoms with van der Waals surface area (Å²) < 4.78 is 0. The zero-order chi connectivity index (χ0) is 25.0. The van der Waals surface area contributed by atoms with Crippen LogP contribution < -0.4 is 21.7 Å². The van der Waals surface area contributed by atoms with Crippen LogP contribution in [0.2, 0.25) is 0 Å². The molecule has 0 spiro atoms. The van der Waals surface area contributed by atoms with Gasteiger partial charge in [0.25, 0.3) is 0 Å². The summed E-state index contributed by atoms with van der Waals surface area (Å²) in [7, 11) is 0. The zero-order valence-corrected chi connectivity index (χ0v) is 17.6. The van der Waals surface area contributed by atoms with Gasteiger partial charge in [0.15, 0.2) is 0 Å². The lowest BCUT2D eigenvalue weighted by Gasteiger charge is -2.24. The Hall–Kier alpha value is -3.55. The fourth-order valence-corrected chi connectivity index (χ4v) is 2.68. The van der Waals surface area contributed by atoms with E-state index in [9.17, 15) is 34.2 Å². The largest absolute Gasteiger partial charge is 0.481 e. The summed E-state index contributed by atoms with van der Waals surface area (Å²) in [5, 5.41) is 43.1. The number of aliphatic hydroxyl groups excluding tert-OH is 2. The molecule has 0 aliphatic rings. The molecule has 0 aliphatic heterocycles. The average molecular weight is 468 g/mol. The van der Waals surface area contributed by atoms with Crippen LogP contribution in [-0.2, 0) is 30.4 Å². The number of rotatable bonds is 14. The molecule has 1 rings (SSSR count). The predicted octanol–water partition coefficient (Wildman–Crippen LogP) is -3.06. The number of carboxylic acid groups (broad SMARTS) is 2. The van der Waals surface area contributed by atoms with Crippen LogP contribution in [0.5, 0.6) is 0 Å². The molecule has 4 unspecified atom stereocenters. The molecule has 9 N–H and O–H groups in total. The minimum absolute atomic E-state index is 0.0636. The van der Waals surface area contributed by atoms with Crippen molar-refractivity contribution in [1.82, 2.24) is 16.0 Å². The molecule has 13 nitrogen and oxygen atoms in total. The van der Waals surface area contributed by atoms with Crippen LogP contribution in [0.15, 0.2) is 30.3 Å². The fourth-order valence-electron chi connectivity index (χ4n) is 2.68. The van der Waals surface area contributed by atoms with Gasteiger partial charge < -0.3 is 42.1 Å². The van der Waals surface area contributed by atoms with Gasteiger partial charge in [0.1, 0.15) is 24.2 Å². The lowest BCUT2D eigenvalue weighted by molar-refractivity contribution is -0.143. The number of carboxylic acids is 2. The Balaban J connectivity index is 3.01. The molecular weight excluding hydrogens is 440 g/mol. The molecule has 1 aromatic carbocycles. The number of carbonyl (C=O) groups excluding carboxylic acids is 3. The van der Waals surface area contributed by atoms with E-state index >= 15 is 0 Å². The monoisotopic (exact) mass is 468 g/mol. The number of amides is 3. The van der Waals surface area contributed by atoms with Gasteiger partial charge in [-0.05, 0) is 12.0 Å². The topological polar surface area (TPSA) is 228 Å². The van der Waals surface area contributed by atoms with Crippen LogP contribution in [0, 0.1) is 0 Å². The van der Waals surface area contributed by atoms with E-state index < -0.39 is 73.5 Å². The maximum Gasteiger partial charge on any atom is 0.326 e. The Kier molecular flexibility index (Phi) is 11.5. The van der Waals surface area contributed by atoms with Gasteiger partial charge in [0.05, 0.1) is 13.2 Å². The fraction of sp³-hybridized carbons (Fsp3) is 0.450. The van der Waals surface area contributed by atoms with E-state index in [2.05, 4.69) is 16.0 Å². The van der Waals surface area contributed by atoms with Crippen LogP contribution in [0.4, 0.5) is 0 Å². The number of aliphatic hydroxyl groups is 2. The van der Waals surface area contributed by atoms with Gasteiger partial charge in [-0.2, -0.15) is 0 Å². The summed E-state index contributed by atoms with van der Waals surface area (Å²) >= 11 is 0. The third kappa shape index (κ3) is 9.64. The molecule has 0 radical (unpaired) electrons. The third-order valence-electron chi connectivity index (χ3n) is 4.53. The third-order valence-corrected chi connectivity index (χ3v) is 4.53. The molecule has 4 atom stereocenters. The quantitative estimate of drug-likeness (QED) is 0.137. The molecule has 13 heteroatoms. The molecule has 0 heterocycles. The van der Waals surface area contributed by atoms with Crippen molar-refractivity contribution < 1.29 is 44.4 Å². The number of nitrogens with one attached hydrogen (secondary N) is 3. The molecule has 0 saturated heterocycles. The first kappa shape index (κ1) is 27.5. The Morgan fingerprint density at radius 3 is 1.85 bits per heavy atom. The Labute approximate surface area is 189 Å². The van der Waals surface area contributed by atoms with Crippen LogP contribution >= 0.6 is 0 Å². The zero-order valence-electron chi connectivity index (χ0n) is 17.6.